The van der Waals surface area contributed by atoms with E-state index in [0.29, 0.717) is 5.46 Å². The number of fused-ring (bicyclic) bond motifs is 2. The molecule has 1 heterocycles. The molecule has 0 saturated heterocycles. The highest BCUT2D eigenvalue weighted by Gasteiger charge is 2.41. The summed E-state index contributed by atoms with van der Waals surface area (Å²) in [6, 6.07) is 5.72. The zero-order valence-corrected chi connectivity index (χ0v) is 10.5. The smallest absolute Gasteiger partial charge is 0.423 e. The molecule has 0 bridgehead atoms. The molecule has 3 nitrogen and oxygen atoms in total. The van der Waals surface area contributed by atoms with Crippen molar-refractivity contribution in [2.45, 2.75) is 31.1 Å². The van der Waals surface area contributed by atoms with E-state index >= 15 is 0 Å². The van der Waals surface area contributed by atoms with Crippen molar-refractivity contribution in [3.8, 4) is 0 Å². The second kappa shape index (κ2) is 4.52. The first kappa shape index (κ1) is 12.7. The summed E-state index contributed by atoms with van der Waals surface area (Å²) in [5.41, 5.74) is 3.33. The quantitative estimate of drug-likeness (QED) is 0.655. The summed E-state index contributed by atoms with van der Waals surface area (Å²) >= 11 is 0. The van der Waals surface area contributed by atoms with Crippen LogP contribution in [0.25, 0.3) is 0 Å². The maximum absolute atomic E-state index is 9.22. The van der Waals surface area contributed by atoms with E-state index in [1.807, 2.05) is 12.1 Å². The first-order valence-electron chi connectivity index (χ1n) is 5.96. The summed E-state index contributed by atoms with van der Waals surface area (Å²) in [5.74, 6) is 0. The molecule has 0 atom stereocenters. The second-order valence-electron chi connectivity index (χ2n) is 5.02. The lowest BCUT2D eigenvalue weighted by Crippen LogP contribution is -2.31. The minimum Gasteiger partial charge on any atom is -0.423 e. The molecule has 0 amide bonds. The van der Waals surface area contributed by atoms with Gasteiger partial charge in [0.1, 0.15) is 0 Å². The molecular weight excluding hydrogens is 236 g/mol. The molecule has 1 aliphatic heterocycles. The van der Waals surface area contributed by atoms with Gasteiger partial charge in [0.15, 0.2) is 0 Å². The number of anilines is 1. The van der Waals surface area contributed by atoms with E-state index in [9.17, 15) is 10.0 Å². The van der Waals surface area contributed by atoms with Crippen LogP contribution in [0.3, 0.4) is 0 Å². The third-order valence-electron chi connectivity index (χ3n) is 4.09. The van der Waals surface area contributed by atoms with Crippen molar-refractivity contribution in [1.82, 2.24) is 0 Å². The highest BCUT2D eigenvalue weighted by Crippen LogP contribution is 2.47. The standard InChI is InChI=1S/C12H16BNO2.ClH/c15-13(16)9-3-4-11-10(7-9)12(8-14-11)5-1-2-6-12;/h3-4,7,14-16H,1-2,5-6,8H2;1H. The van der Waals surface area contributed by atoms with E-state index in [1.54, 1.807) is 6.07 Å². The lowest BCUT2D eigenvalue weighted by Gasteiger charge is -2.23. The van der Waals surface area contributed by atoms with Crippen molar-refractivity contribution in [3.05, 3.63) is 23.8 Å². The van der Waals surface area contributed by atoms with E-state index in [1.165, 1.54) is 36.9 Å². The van der Waals surface area contributed by atoms with Crippen molar-refractivity contribution in [3.63, 3.8) is 0 Å². The van der Waals surface area contributed by atoms with Gasteiger partial charge in [-0.25, -0.2) is 0 Å². The molecular formula is C12H17BClNO2. The molecule has 0 radical (unpaired) electrons. The zero-order chi connectivity index (χ0) is 11.2. The molecule has 1 saturated carbocycles. The Morgan fingerprint density at radius 2 is 1.88 bits per heavy atom. The number of rotatable bonds is 1. The van der Waals surface area contributed by atoms with Crippen molar-refractivity contribution in [2.24, 2.45) is 0 Å². The third kappa shape index (κ3) is 1.94. The Morgan fingerprint density at radius 3 is 2.53 bits per heavy atom. The summed E-state index contributed by atoms with van der Waals surface area (Å²) in [6.07, 6.45) is 5.01. The Bertz CT molecular complexity index is 419. The zero-order valence-electron chi connectivity index (χ0n) is 9.65. The Labute approximate surface area is 108 Å². The van der Waals surface area contributed by atoms with Gasteiger partial charge in [-0.3, -0.25) is 0 Å². The van der Waals surface area contributed by atoms with Gasteiger partial charge in [0.2, 0.25) is 0 Å². The van der Waals surface area contributed by atoms with E-state index in [4.69, 9.17) is 0 Å². The van der Waals surface area contributed by atoms with Crippen LogP contribution in [0.15, 0.2) is 18.2 Å². The average Bonchev–Trinajstić information content (AvgIpc) is 2.88. The number of hydrogen-bond donors (Lipinski definition) is 3. The molecule has 0 aromatic heterocycles. The number of halogens is 1. The first-order chi connectivity index (χ1) is 7.71. The maximum Gasteiger partial charge on any atom is 0.488 e. The van der Waals surface area contributed by atoms with Gasteiger partial charge in [-0.1, -0.05) is 25.0 Å². The van der Waals surface area contributed by atoms with Crippen molar-refractivity contribution >= 4 is 30.7 Å². The van der Waals surface area contributed by atoms with Crippen molar-refractivity contribution in [1.29, 1.82) is 0 Å². The molecule has 1 aromatic rings. The summed E-state index contributed by atoms with van der Waals surface area (Å²) < 4.78 is 0. The molecule has 92 valence electrons. The van der Waals surface area contributed by atoms with Gasteiger partial charge >= 0.3 is 7.12 Å². The molecule has 1 spiro atoms. The Kier molecular flexibility index (Phi) is 3.39. The van der Waals surface area contributed by atoms with Crippen LogP contribution in [0.1, 0.15) is 31.2 Å². The van der Waals surface area contributed by atoms with Gasteiger partial charge in [-0.15, -0.1) is 12.4 Å². The van der Waals surface area contributed by atoms with E-state index < -0.39 is 7.12 Å². The van der Waals surface area contributed by atoms with Crippen LogP contribution >= 0.6 is 12.4 Å². The SMILES string of the molecule is Cl.OB(O)c1ccc2c(c1)C1(CCCC1)CN2. The molecule has 0 unspecified atom stereocenters. The Balaban J connectivity index is 0.00000108. The summed E-state index contributed by atoms with van der Waals surface area (Å²) in [5, 5.41) is 21.9. The molecule has 2 aliphatic rings. The van der Waals surface area contributed by atoms with Gasteiger partial charge < -0.3 is 15.4 Å². The topological polar surface area (TPSA) is 52.5 Å². The molecule has 1 aliphatic carbocycles. The minimum absolute atomic E-state index is 0. The molecule has 5 heteroatoms. The van der Waals surface area contributed by atoms with Crippen LogP contribution in [0.2, 0.25) is 0 Å². The van der Waals surface area contributed by atoms with E-state index in [0.717, 1.165) is 6.54 Å². The van der Waals surface area contributed by atoms with Crippen LogP contribution in [0.5, 0.6) is 0 Å². The third-order valence-corrected chi connectivity index (χ3v) is 4.09. The fourth-order valence-electron chi connectivity index (χ4n) is 3.17. The van der Waals surface area contributed by atoms with Gasteiger partial charge in [0.25, 0.3) is 0 Å². The maximum atomic E-state index is 9.22. The normalized spacial score (nSPS) is 19.6. The van der Waals surface area contributed by atoms with Gasteiger partial charge in [-0.2, -0.15) is 0 Å². The van der Waals surface area contributed by atoms with Gasteiger partial charge in [0.05, 0.1) is 0 Å². The number of nitrogens with one attached hydrogen (secondary N) is 1. The van der Waals surface area contributed by atoms with Crippen LogP contribution in [-0.4, -0.2) is 23.7 Å². The highest BCUT2D eigenvalue weighted by molar-refractivity contribution is 6.58. The fourth-order valence-corrected chi connectivity index (χ4v) is 3.17. The number of hydrogen-bond acceptors (Lipinski definition) is 3. The van der Waals surface area contributed by atoms with Gasteiger partial charge in [0, 0.05) is 17.6 Å². The lowest BCUT2D eigenvalue weighted by molar-refractivity contribution is 0.425. The van der Waals surface area contributed by atoms with Crippen molar-refractivity contribution in [2.75, 3.05) is 11.9 Å². The average molecular weight is 254 g/mol. The molecule has 17 heavy (non-hydrogen) atoms. The summed E-state index contributed by atoms with van der Waals surface area (Å²) in [4.78, 5) is 0. The van der Waals surface area contributed by atoms with Crippen molar-refractivity contribution < 1.29 is 10.0 Å². The van der Waals surface area contributed by atoms with Crippen LogP contribution in [-0.2, 0) is 5.41 Å². The predicted octanol–water partition coefficient (Wildman–Crippen LogP) is 1.03. The Morgan fingerprint density at radius 1 is 1.18 bits per heavy atom. The molecule has 1 aromatic carbocycles. The van der Waals surface area contributed by atoms with Crippen LogP contribution in [0, 0.1) is 0 Å². The Hall–Kier alpha value is -0.705. The van der Waals surface area contributed by atoms with Crippen LogP contribution < -0.4 is 10.8 Å². The predicted molar refractivity (Wildman–Crippen MR) is 72.2 cm³/mol. The minimum atomic E-state index is -1.36. The molecule has 1 fully saturated rings. The highest BCUT2D eigenvalue weighted by atomic mass is 35.5. The number of benzene rings is 1. The molecule has 3 rings (SSSR count). The summed E-state index contributed by atoms with van der Waals surface area (Å²) in [6.45, 7) is 1.01. The van der Waals surface area contributed by atoms with Crippen LogP contribution in [0.4, 0.5) is 5.69 Å². The largest absolute Gasteiger partial charge is 0.488 e. The van der Waals surface area contributed by atoms with E-state index in [2.05, 4.69) is 5.32 Å². The first-order valence-corrected chi connectivity index (χ1v) is 5.96. The second-order valence-corrected chi connectivity index (χ2v) is 5.02. The lowest BCUT2D eigenvalue weighted by atomic mass is 9.74. The van der Waals surface area contributed by atoms with Gasteiger partial charge in [-0.05, 0) is 29.9 Å². The summed E-state index contributed by atoms with van der Waals surface area (Å²) in [7, 11) is -1.36. The molecule has 3 N–H and O–H groups in total. The van der Waals surface area contributed by atoms with E-state index in [-0.39, 0.29) is 17.8 Å². The monoisotopic (exact) mass is 253 g/mol. The fraction of sp³-hybridized carbons (Fsp3) is 0.500.